The molecular weight excluding hydrogens is 486 g/mol. The van der Waals surface area contributed by atoms with Crippen molar-refractivity contribution in [2.45, 2.75) is 32.2 Å². The SMILES string of the molecule is Cc1cc(Nc2cc(C)[nH]n2)nc(N2CCN(C(=O)NC3(c4ccc(Br)nc4)CC3)CC2)n1. The summed E-state index contributed by atoms with van der Waals surface area (Å²) in [6.45, 7) is 6.46. The number of H-pyrrole nitrogens is 1. The lowest BCUT2D eigenvalue weighted by molar-refractivity contribution is 0.188. The third kappa shape index (κ3) is 4.77. The summed E-state index contributed by atoms with van der Waals surface area (Å²) in [5.74, 6) is 2.07. The highest BCUT2D eigenvalue weighted by Crippen LogP contribution is 2.45. The molecule has 0 atom stereocenters. The summed E-state index contributed by atoms with van der Waals surface area (Å²) in [5.41, 5.74) is 2.61. The van der Waals surface area contributed by atoms with Crippen molar-refractivity contribution in [3.8, 4) is 0 Å². The molecule has 5 rings (SSSR count). The number of hydrogen-bond donors (Lipinski definition) is 3. The van der Waals surface area contributed by atoms with Gasteiger partial charge in [0.1, 0.15) is 10.4 Å². The number of urea groups is 1. The fourth-order valence-electron chi connectivity index (χ4n) is 4.03. The highest BCUT2D eigenvalue weighted by molar-refractivity contribution is 9.10. The lowest BCUT2D eigenvalue weighted by atomic mass is 10.1. The second-order valence-corrected chi connectivity index (χ2v) is 9.42. The molecule has 10 nitrogen and oxygen atoms in total. The van der Waals surface area contributed by atoms with Crippen LogP contribution in [0.3, 0.4) is 0 Å². The summed E-state index contributed by atoms with van der Waals surface area (Å²) < 4.78 is 0.792. The summed E-state index contributed by atoms with van der Waals surface area (Å²) >= 11 is 3.37. The van der Waals surface area contributed by atoms with Crippen molar-refractivity contribution in [3.63, 3.8) is 0 Å². The van der Waals surface area contributed by atoms with Crippen LogP contribution in [0.25, 0.3) is 0 Å². The molecule has 172 valence electrons. The van der Waals surface area contributed by atoms with Crippen LogP contribution in [0.1, 0.15) is 29.8 Å². The van der Waals surface area contributed by atoms with Crippen LogP contribution >= 0.6 is 15.9 Å². The molecule has 11 heteroatoms. The van der Waals surface area contributed by atoms with E-state index in [0.717, 1.165) is 34.4 Å². The average molecular weight is 512 g/mol. The maximum atomic E-state index is 13.0. The first-order chi connectivity index (χ1) is 15.9. The third-order valence-electron chi connectivity index (χ3n) is 6.03. The van der Waals surface area contributed by atoms with Crippen LogP contribution in [0, 0.1) is 13.8 Å². The zero-order valence-corrected chi connectivity index (χ0v) is 20.2. The van der Waals surface area contributed by atoms with Crippen molar-refractivity contribution in [1.82, 2.24) is 35.4 Å². The molecule has 3 aromatic heterocycles. The van der Waals surface area contributed by atoms with Crippen molar-refractivity contribution in [2.75, 3.05) is 36.4 Å². The molecule has 0 unspecified atom stereocenters. The number of carbonyl (C=O) groups is 1. The minimum atomic E-state index is -0.285. The molecule has 1 aliphatic heterocycles. The van der Waals surface area contributed by atoms with Gasteiger partial charge in [-0.05, 0) is 54.2 Å². The summed E-state index contributed by atoms with van der Waals surface area (Å²) in [7, 11) is 0. The Labute approximate surface area is 200 Å². The van der Waals surface area contributed by atoms with Gasteiger partial charge >= 0.3 is 6.03 Å². The van der Waals surface area contributed by atoms with Crippen LogP contribution in [0.2, 0.25) is 0 Å². The van der Waals surface area contributed by atoms with Gasteiger partial charge in [-0.3, -0.25) is 5.10 Å². The number of rotatable bonds is 5. The van der Waals surface area contributed by atoms with Crippen LogP contribution in [0.5, 0.6) is 0 Å². The topological polar surface area (TPSA) is 115 Å². The molecule has 33 heavy (non-hydrogen) atoms. The Bertz CT molecular complexity index is 1150. The van der Waals surface area contributed by atoms with E-state index in [4.69, 9.17) is 0 Å². The molecule has 0 bridgehead atoms. The highest BCUT2D eigenvalue weighted by atomic mass is 79.9. The van der Waals surface area contributed by atoms with E-state index < -0.39 is 0 Å². The van der Waals surface area contributed by atoms with Crippen LogP contribution in [0.15, 0.2) is 35.1 Å². The van der Waals surface area contributed by atoms with E-state index in [1.54, 1.807) is 0 Å². The van der Waals surface area contributed by atoms with Crippen molar-refractivity contribution >= 4 is 39.5 Å². The van der Waals surface area contributed by atoms with Gasteiger partial charge in [0.15, 0.2) is 5.82 Å². The maximum Gasteiger partial charge on any atom is 0.318 e. The van der Waals surface area contributed by atoms with Gasteiger partial charge in [0, 0.05) is 55.9 Å². The number of aromatic nitrogens is 5. The first kappa shape index (κ1) is 21.6. The van der Waals surface area contributed by atoms with Crippen molar-refractivity contribution < 1.29 is 4.79 Å². The van der Waals surface area contributed by atoms with Gasteiger partial charge in [-0.25, -0.2) is 14.8 Å². The predicted octanol–water partition coefficient (Wildman–Crippen LogP) is 3.24. The molecule has 3 N–H and O–H groups in total. The number of piperazine rings is 1. The number of carbonyl (C=O) groups excluding carboxylic acids is 1. The number of nitrogens with zero attached hydrogens (tertiary/aromatic N) is 6. The van der Waals surface area contributed by atoms with Gasteiger partial charge in [0.05, 0.1) is 5.54 Å². The number of pyridine rings is 1. The Morgan fingerprint density at radius 2 is 1.88 bits per heavy atom. The molecule has 4 heterocycles. The molecule has 2 fully saturated rings. The Hall–Kier alpha value is -3.21. The molecule has 0 spiro atoms. The second-order valence-electron chi connectivity index (χ2n) is 8.61. The largest absolute Gasteiger partial charge is 0.337 e. The number of amides is 2. The van der Waals surface area contributed by atoms with E-state index in [1.807, 2.05) is 49.2 Å². The first-order valence-electron chi connectivity index (χ1n) is 11.0. The van der Waals surface area contributed by atoms with Gasteiger partial charge in [-0.1, -0.05) is 6.07 Å². The molecule has 1 aliphatic carbocycles. The van der Waals surface area contributed by atoms with E-state index in [2.05, 4.69) is 56.6 Å². The summed E-state index contributed by atoms with van der Waals surface area (Å²) in [4.78, 5) is 30.5. The molecule has 3 aromatic rings. The molecule has 1 saturated carbocycles. The zero-order chi connectivity index (χ0) is 23.0. The van der Waals surface area contributed by atoms with Crippen molar-refractivity contribution in [1.29, 1.82) is 0 Å². The van der Waals surface area contributed by atoms with Gasteiger partial charge in [-0.2, -0.15) is 10.1 Å². The van der Waals surface area contributed by atoms with E-state index in [9.17, 15) is 4.79 Å². The standard InChI is InChI=1S/C22H26BrN9O/c1-14-11-18(26-19-12-15(2)29-30-19)27-20(25-14)31-7-9-32(10-8-31)21(33)28-22(5-6-22)16-3-4-17(23)24-13-16/h3-4,11-13H,5-10H2,1-2H3,(H,28,33)(H2,25,26,27,29,30). The zero-order valence-electron chi connectivity index (χ0n) is 18.6. The third-order valence-corrected chi connectivity index (χ3v) is 6.50. The van der Waals surface area contributed by atoms with Gasteiger partial charge in [0.2, 0.25) is 5.95 Å². The minimum absolute atomic E-state index is 0.0310. The van der Waals surface area contributed by atoms with E-state index in [0.29, 0.717) is 43.8 Å². The molecule has 2 aliphatic rings. The highest BCUT2D eigenvalue weighted by Gasteiger charge is 2.46. The van der Waals surface area contributed by atoms with Crippen LogP contribution in [0.4, 0.5) is 22.4 Å². The molecule has 2 amide bonds. The fourth-order valence-corrected chi connectivity index (χ4v) is 4.27. The van der Waals surface area contributed by atoms with E-state index in [1.165, 1.54) is 0 Å². The lowest BCUT2D eigenvalue weighted by Gasteiger charge is -2.35. The van der Waals surface area contributed by atoms with Gasteiger partial charge in [0.25, 0.3) is 0 Å². The van der Waals surface area contributed by atoms with Crippen molar-refractivity contribution in [2.24, 2.45) is 0 Å². The summed E-state index contributed by atoms with van der Waals surface area (Å²) in [6, 6.07) is 7.72. The smallest absolute Gasteiger partial charge is 0.318 e. The van der Waals surface area contributed by atoms with Crippen molar-refractivity contribution in [3.05, 3.63) is 52.0 Å². The maximum absolute atomic E-state index is 13.0. The minimum Gasteiger partial charge on any atom is -0.337 e. The molecule has 0 aromatic carbocycles. The fraction of sp³-hybridized carbons (Fsp3) is 0.409. The van der Waals surface area contributed by atoms with Gasteiger partial charge in [-0.15, -0.1) is 0 Å². The number of anilines is 3. The number of aromatic amines is 1. The summed E-state index contributed by atoms with van der Waals surface area (Å²) in [6.07, 6.45) is 3.70. The normalized spacial score (nSPS) is 17.1. The lowest BCUT2D eigenvalue weighted by Crippen LogP contribution is -2.54. The monoisotopic (exact) mass is 511 g/mol. The average Bonchev–Trinajstić information content (AvgIpc) is 3.47. The molecule has 1 saturated heterocycles. The number of hydrogen-bond acceptors (Lipinski definition) is 7. The van der Waals surface area contributed by atoms with E-state index >= 15 is 0 Å². The Kier molecular flexibility index (Phi) is 5.65. The predicted molar refractivity (Wildman–Crippen MR) is 129 cm³/mol. The summed E-state index contributed by atoms with van der Waals surface area (Å²) in [5, 5.41) is 13.6. The second kappa shape index (κ2) is 8.62. The van der Waals surface area contributed by atoms with E-state index in [-0.39, 0.29) is 11.6 Å². The number of nitrogens with one attached hydrogen (secondary N) is 3. The molecule has 0 radical (unpaired) electrons. The van der Waals surface area contributed by atoms with Gasteiger partial charge < -0.3 is 20.4 Å². The number of halogens is 1. The number of aryl methyl sites for hydroxylation is 2. The Morgan fingerprint density at radius 3 is 2.52 bits per heavy atom. The quantitative estimate of drug-likeness (QED) is 0.450. The first-order valence-corrected chi connectivity index (χ1v) is 11.8. The molecular formula is C22H26BrN9O. The Balaban J connectivity index is 1.20. The Morgan fingerprint density at radius 1 is 1.09 bits per heavy atom. The van der Waals surface area contributed by atoms with Crippen LogP contribution < -0.4 is 15.5 Å². The van der Waals surface area contributed by atoms with Crippen LogP contribution in [-0.4, -0.2) is 62.3 Å². The van der Waals surface area contributed by atoms with Crippen LogP contribution in [-0.2, 0) is 5.54 Å².